The van der Waals surface area contributed by atoms with E-state index in [4.69, 9.17) is 9.84 Å². The summed E-state index contributed by atoms with van der Waals surface area (Å²) < 4.78 is 7.86. The van der Waals surface area contributed by atoms with Crippen LogP contribution in [0.25, 0.3) is 16.5 Å². The van der Waals surface area contributed by atoms with Crippen LogP contribution in [-0.2, 0) is 0 Å². The predicted molar refractivity (Wildman–Crippen MR) is 136 cm³/mol. The van der Waals surface area contributed by atoms with Crippen LogP contribution in [0.2, 0.25) is 0 Å². The van der Waals surface area contributed by atoms with Crippen molar-refractivity contribution in [1.29, 1.82) is 0 Å². The highest BCUT2D eigenvalue weighted by molar-refractivity contribution is 6.09. The third-order valence-electron chi connectivity index (χ3n) is 6.54. The zero-order valence-electron chi connectivity index (χ0n) is 20.0. The summed E-state index contributed by atoms with van der Waals surface area (Å²) in [6.45, 7) is 9.49. The van der Waals surface area contributed by atoms with Crippen molar-refractivity contribution in [1.82, 2.24) is 14.7 Å². The number of piperazine rings is 1. The van der Waals surface area contributed by atoms with Crippen molar-refractivity contribution in [3.8, 4) is 11.4 Å². The second kappa shape index (κ2) is 9.21. The molecule has 0 aliphatic carbocycles. The second-order valence-electron chi connectivity index (χ2n) is 8.64. The fourth-order valence-corrected chi connectivity index (χ4v) is 4.95. The van der Waals surface area contributed by atoms with Crippen molar-refractivity contribution in [2.45, 2.75) is 20.8 Å². The first-order chi connectivity index (χ1) is 16.6. The van der Waals surface area contributed by atoms with E-state index >= 15 is 0 Å². The highest BCUT2D eigenvalue weighted by atomic mass is 16.5. The Bertz CT molecular complexity index is 1320. The van der Waals surface area contributed by atoms with Crippen molar-refractivity contribution in [3.63, 3.8) is 0 Å². The quantitative estimate of drug-likeness (QED) is 0.426. The second-order valence-corrected chi connectivity index (χ2v) is 8.64. The molecule has 3 aromatic carbocycles. The summed E-state index contributed by atoms with van der Waals surface area (Å²) in [5.41, 5.74) is 5.02. The van der Waals surface area contributed by atoms with Crippen LogP contribution in [0.15, 0.2) is 66.7 Å². The number of nitrogens with zero attached hydrogens (tertiary/aromatic N) is 4. The number of carbonyl (C=O) groups is 1. The number of para-hydroxylation sites is 1. The molecule has 0 spiro atoms. The molecule has 0 saturated carbocycles. The zero-order valence-corrected chi connectivity index (χ0v) is 20.0. The maximum absolute atomic E-state index is 13.7. The van der Waals surface area contributed by atoms with Crippen LogP contribution in [0.4, 0.5) is 5.69 Å². The van der Waals surface area contributed by atoms with Crippen LogP contribution in [0.1, 0.15) is 28.7 Å². The first-order valence-electron chi connectivity index (χ1n) is 11.9. The van der Waals surface area contributed by atoms with Gasteiger partial charge in [-0.1, -0.05) is 48.5 Å². The standard InChI is InChI=1S/C28H30N4O2/c1-4-34-25-15-14-22-10-8-9-13-24(22)26(25)28(33)31-18-16-30(17-19-31)27-20(2)29-32(21(27)3)23-11-6-5-7-12-23/h5-15H,4,16-19H2,1-3H3. The molecule has 0 bridgehead atoms. The van der Waals surface area contributed by atoms with E-state index < -0.39 is 0 Å². The molecule has 1 aliphatic heterocycles. The van der Waals surface area contributed by atoms with Crippen molar-refractivity contribution >= 4 is 22.4 Å². The van der Waals surface area contributed by atoms with E-state index in [0.717, 1.165) is 46.6 Å². The Labute approximate surface area is 200 Å². The third kappa shape index (κ3) is 3.89. The summed E-state index contributed by atoms with van der Waals surface area (Å²) in [5, 5.41) is 6.79. The van der Waals surface area contributed by atoms with Crippen molar-refractivity contribution in [2.75, 3.05) is 37.7 Å². The topological polar surface area (TPSA) is 50.6 Å². The maximum Gasteiger partial charge on any atom is 0.258 e. The molecular formula is C28H30N4O2. The molecule has 174 valence electrons. The van der Waals surface area contributed by atoms with E-state index in [0.29, 0.717) is 31.0 Å². The molecule has 1 aromatic heterocycles. The number of carbonyl (C=O) groups excluding carboxylic acids is 1. The molecule has 6 heteroatoms. The van der Waals surface area contributed by atoms with Gasteiger partial charge in [-0.2, -0.15) is 5.10 Å². The minimum absolute atomic E-state index is 0.0355. The zero-order chi connectivity index (χ0) is 23.7. The van der Waals surface area contributed by atoms with Gasteiger partial charge in [-0.3, -0.25) is 4.79 Å². The molecule has 1 fully saturated rings. The largest absolute Gasteiger partial charge is 0.493 e. The van der Waals surface area contributed by atoms with Crippen LogP contribution >= 0.6 is 0 Å². The highest BCUT2D eigenvalue weighted by Gasteiger charge is 2.28. The molecule has 2 heterocycles. The van der Waals surface area contributed by atoms with Gasteiger partial charge in [0.15, 0.2) is 0 Å². The van der Waals surface area contributed by atoms with Crippen molar-refractivity contribution < 1.29 is 9.53 Å². The molecule has 4 aromatic rings. The first-order valence-corrected chi connectivity index (χ1v) is 11.9. The van der Waals surface area contributed by atoms with Gasteiger partial charge in [-0.05, 0) is 49.7 Å². The van der Waals surface area contributed by atoms with Gasteiger partial charge in [-0.15, -0.1) is 0 Å². The number of hydrogen-bond donors (Lipinski definition) is 0. The summed E-state index contributed by atoms with van der Waals surface area (Å²) in [4.78, 5) is 18.0. The summed E-state index contributed by atoms with van der Waals surface area (Å²) in [6, 6.07) is 22.2. The van der Waals surface area contributed by atoms with E-state index in [9.17, 15) is 4.79 Å². The minimum Gasteiger partial charge on any atom is -0.493 e. The lowest BCUT2D eigenvalue weighted by Gasteiger charge is -2.36. The molecule has 0 N–H and O–H groups in total. The van der Waals surface area contributed by atoms with Gasteiger partial charge in [0.05, 0.1) is 34.9 Å². The number of benzene rings is 3. The lowest BCUT2D eigenvalue weighted by Crippen LogP contribution is -2.49. The Morgan fingerprint density at radius 1 is 0.912 bits per heavy atom. The van der Waals surface area contributed by atoms with Gasteiger partial charge in [-0.25, -0.2) is 4.68 Å². The van der Waals surface area contributed by atoms with Crippen molar-refractivity contribution in [2.24, 2.45) is 0 Å². The van der Waals surface area contributed by atoms with E-state index in [1.54, 1.807) is 0 Å². The number of ether oxygens (including phenoxy) is 1. The third-order valence-corrected chi connectivity index (χ3v) is 6.54. The van der Waals surface area contributed by atoms with Crippen LogP contribution in [0.5, 0.6) is 5.75 Å². The smallest absolute Gasteiger partial charge is 0.258 e. The number of aryl methyl sites for hydroxylation is 1. The molecule has 1 amide bonds. The summed E-state index contributed by atoms with van der Waals surface area (Å²) >= 11 is 0. The molecule has 0 radical (unpaired) electrons. The SMILES string of the molecule is CCOc1ccc2ccccc2c1C(=O)N1CCN(c2c(C)nn(-c3ccccc3)c2C)CC1. The highest BCUT2D eigenvalue weighted by Crippen LogP contribution is 2.31. The molecule has 0 unspecified atom stereocenters. The molecule has 34 heavy (non-hydrogen) atoms. The normalized spacial score (nSPS) is 14.0. The first kappa shape index (κ1) is 22.0. The summed E-state index contributed by atoms with van der Waals surface area (Å²) in [5.74, 6) is 0.692. The average Bonchev–Trinajstić information content (AvgIpc) is 3.18. The number of hydrogen-bond acceptors (Lipinski definition) is 4. The van der Waals surface area contributed by atoms with E-state index in [-0.39, 0.29) is 5.91 Å². The Hall–Kier alpha value is -3.80. The predicted octanol–water partition coefficient (Wildman–Crippen LogP) is 5.00. The van der Waals surface area contributed by atoms with E-state index in [1.807, 2.05) is 71.1 Å². The molecular weight excluding hydrogens is 424 g/mol. The average molecular weight is 455 g/mol. The van der Waals surface area contributed by atoms with Crippen LogP contribution in [0, 0.1) is 13.8 Å². The van der Waals surface area contributed by atoms with Gasteiger partial charge in [0.1, 0.15) is 5.75 Å². The van der Waals surface area contributed by atoms with Crippen LogP contribution in [0.3, 0.4) is 0 Å². The van der Waals surface area contributed by atoms with Gasteiger partial charge >= 0.3 is 0 Å². The Morgan fingerprint density at radius 3 is 2.35 bits per heavy atom. The number of amides is 1. The van der Waals surface area contributed by atoms with E-state index in [1.165, 1.54) is 0 Å². The number of anilines is 1. The lowest BCUT2D eigenvalue weighted by molar-refractivity contribution is 0.0744. The summed E-state index contributed by atoms with van der Waals surface area (Å²) in [6.07, 6.45) is 0. The molecule has 0 atom stereocenters. The van der Waals surface area contributed by atoms with E-state index in [2.05, 4.69) is 30.9 Å². The fraction of sp³-hybridized carbons (Fsp3) is 0.286. The molecule has 1 aliphatic rings. The van der Waals surface area contributed by atoms with Gasteiger partial charge in [0.2, 0.25) is 0 Å². The minimum atomic E-state index is 0.0355. The Balaban J connectivity index is 1.38. The summed E-state index contributed by atoms with van der Waals surface area (Å²) in [7, 11) is 0. The van der Waals surface area contributed by atoms with Crippen LogP contribution < -0.4 is 9.64 Å². The number of aromatic nitrogens is 2. The molecule has 6 nitrogen and oxygen atoms in total. The Morgan fingerprint density at radius 2 is 1.62 bits per heavy atom. The van der Waals surface area contributed by atoms with Crippen molar-refractivity contribution in [3.05, 3.63) is 83.7 Å². The number of rotatable bonds is 5. The maximum atomic E-state index is 13.7. The fourth-order valence-electron chi connectivity index (χ4n) is 4.95. The van der Waals surface area contributed by atoms with Gasteiger partial charge in [0, 0.05) is 26.2 Å². The lowest BCUT2D eigenvalue weighted by atomic mass is 10.0. The Kier molecular flexibility index (Phi) is 5.97. The molecule has 1 saturated heterocycles. The monoisotopic (exact) mass is 454 g/mol. The van der Waals surface area contributed by atoms with Gasteiger partial charge < -0.3 is 14.5 Å². The van der Waals surface area contributed by atoms with Gasteiger partial charge in [0.25, 0.3) is 5.91 Å². The molecule has 5 rings (SSSR count). The van der Waals surface area contributed by atoms with Crippen LogP contribution in [-0.4, -0.2) is 53.4 Å². The number of fused-ring (bicyclic) bond motifs is 1.